The summed E-state index contributed by atoms with van der Waals surface area (Å²) in [6, 6.07) is 3.48. The lowest BCUT2D eigenvalue weighted by atomic mass is 10.3. The Morgan fingerprint density at radius 3 is 2.89 bits per heavy atom. The molecule has 0 saturated carbocycles. The predicted molar refractivity (Wildman–Crippen MR) is 61.9 cm³/mol. The van der Waals surface area contributed by atoms with E-state index in [0.717, 1.165) is 0 Å². The molecule has 1 aliphatic heterocycles. The van der Waals surface area contributed by atoms with Crippen molar-refractivity contribution in [1.29, 1.82) is 0 Å². The molecule has 1 saturated heterocycles. The zero-order valence-corrected chi connectivity index (χ0v) is 9.57. The molecule has 3 rings (SSSR count). The third-order valence-corrected chi connectivity index (χ3v) is 3.09. The number of hydrogen-bond acceptors (Lipinski definition) is 5. The van der Waals surface area contributed by atoms with Crippen LogP contribution in [0.4, 0.5) is 10.2 Å². The van der Waals surface area contributed by atoms with E-state index in [0.29, 0.717) is 31.0 Å². The van der Waals surface area contributed by atoms with Gasteiger partial charge in [-0.05, 0) is 18.6 Å². The first-order valence-electron chi connectivity index (χ1n) is 5.75. The molecule has 2 N–H and O–H groups in total. The summed E-state index contributed by atoms with van der Waals surface area (Å²) in [5.41, 5.74) is 0.723. The minimum Gasteiger partial charge on any atom is -0.363 e. The summed E-state index contributed by atoms with van der Waals surface area (Å²) in [7, 11) is 0. The number of rotatable bonds is 2. The molecule has 2 aromatic rings. The second-order valence-corrected chi connectivity index (χ2v) is 4.35. The highest BCUT2D eigenvalue weighted by molar-refractivity contribution is 5.47. The topological polar surface area (TPSA) is 73.9 Å². The smallest absolute Gasteiger partial charge is 0.197 e. The SMILES string of the molecule is OC(O)c1cnc2ccc(N3CCC(F)C3)nn12. The molecule has 0 radical (unpaired) electrons. The van der Waals surface area contributed by atoms with Crippen molar-refractivity contribution in [3.63, 3.8) is 0 Å². The highest BCUT2D eigenvalue weighted by Crippen LogP contribution is 2.21. The fourth-order valence-corrected chi connectivity index (χ4v) is 2.15. The predicted octanol–water partition coefficient (Wildman–Crippen LogP) is 0.261. The highest BCUT2D eigenvalue weighted by Gasteiger charge is 2.23. The number of anilines is 1. The first kappa shape index (κ1) is 11.4. The lowest BCUT2D eigenvalue weighted by Gasteiger charge is -2.16. The molecular formula is C11H13FN4O2. The largest absolute Gasteiger partial charge is 0.363 e. The Labute approximate surface area is 102 Å². The van der Waals surface area contributed by atoms with E-state index in [-0.39, 0.29) is 5.69 Å². The molecule has 0 aliphatic carbocycles. The summed E-state index contributed by atoms with van der Waals surface area (Å²) in [6.45, 7) is 0.940. The van der Waals surface area contributed by atoms with E-state index >= 15 is 0 Å². The van der Waals surface area contributed by atoms with Gasteiger partial charge in [-0.25, -0.2) is 13.9 Å². The van der Waals surface area contributed by atoms with Crippen LogP contribution in [0.5, 0.6) is 0 Å². The van der Waals surface area contributed by atoms with Gasteiger partial charge in [0, 0.05) is 6.54 Å². The van der Waals surface area contributed by atoms with Crippen LogP contribution < -0.4 is 4.90 Å². The minimum absolute atomic E-state index is 0.197. The van der Waals surface area contributed by atoms with E-state index in [1.165, 1.54) is 10.7 Å². The van der Waals surface area contributed by atoms with Crippen LogP contribution in [0.1, 0.15) is 18.4 Å². The molecule has 6 nitrogen and oxygen atoms in total. The van der Waals surface area contributed by atoms with Crippen LogP contribution in [-0.2, 0) is 0 Å². The molecule has 1 unspecified atom stereocenters. The van der Waals surface area contributed by atoms with Gasteiger partial charge in [-0.3, -0.25) is 0 Å². The molecule has 1 fully saturated rings. The van der Waals surface area contributed by atoms with Crippen molar-refractivity contribution in [2.45, 2.75) is 18.9 Å². The molecule has 7 heteroatoms. The maximum atomic E-state index is 13.2. The average Bonchev–Trinajstić information content (AvgIpc) is 2.93. The number of halogens is 1. The van der Waals surface area contributed by atoms with Gasteiger partial charge in [0.25, 0.3) is 0 Å². The number of aromatic nitrogens is 3. The molecule has 0 spiro atoms. The number of hydrogen-bond donors (Lipinski definition) is 2. The molecule has 0 amide bonds. The molecular weight excluding hydrogens is 239 g/mol. The van der Waals surface area contributed by atoms with Crippen molar-refractivity contribution >= 4 is 11.5 Å². The zero-order chi connectivity index (χ0) is 12.7. The molecule has 0 bridgehead atoms. The number of aliphatic hydroxyl groups excluding tert-OH is 1. The quantitative estimate of drug-likeness (QED) is 0.750. The van der Waals surface area contributed by atoms with Crippen molar-refractivity contribution in [3.05, 3.63) is 24.0 Å². The Hall–Kier alpha value is -1.73. The maximum Gasteiger partial charge on any atom is 0.197 e. The standard InChI is InChI=1S/C11H13FN4O2/c12-7-3-4-15(6-7)10-2-1-9-13-5-8(11(17)18)16(9)14-10/h1-2,5,7,11,17-18H,3-4,6H2. The van der Waals surface area contributed by atoms with Crippen molar-refractivity contribution in [2.24, 2.45) is 0 Å². The zero-order valence-electron chi connectivity index (χ0n) is 9.57. The average molecular weight is 252 g/mol. The lowest BCUT2D eigenvalue weighted by molar-refractivity contribution is -0.0470. The summed E-state index contributed by atoms with van der Waals surface area (Å²) in [5, 5.41) is 22.6. The molecule has 3 heterocycles. The summed E-state index contributed by atoms with van der Waals surface area (Å²) in [5.74, 6) is 0.613. The third-order valence-electron chi connectivity index (χ3n) is 3.09. The van der Waals surface area contributed by atoms with Crippen LogP contribution in [0.25, 0.3) is 5.65 Å². The summed E-state index contributed by atoms with van der Waals surface area (Å²) >= 11 is 0. The molecule has 1 aliphatic rings. The third kappa shape index (κ3) is 1.81. The first-order chi connectivity index (χ1) is 8.65. The number of alkyl halides is 1. The van der Waals surface area contributed by atoms with Gasteiger partial charge in [-0.1, -0.05) is 0 Å². The van der Waals surface area contributed by atoms with E-state index in [1.54, 1.807) is 12.1 Å². The van der Waals surface area contributed by atoms with E-state index in [4.69, 9.17) is 0 Å². The normalized spacial score (nSPS) is 20.2. The number of imidazole rings is 1. The van der Waals surface area contributed by atoms with Crippen molar-refractivity contribution in [2.75, 3.05) is 18.0 Å². The lowest BCUT2D eigenvalue weighted by Crippen LogP contribution is -2.22. The van der Waals surface area contributed by atoms with Crippen LogP contribution in [0.2, 0.25) is 0 Å². The van der Waals surface area contributed by atoms with Gasteiger partial charge in [0.2, 0.25) is 0 Å². The van der Waals surface area contributed by atoms with Crippen molar-refractivity contribution in [3.8, 4) is 0 Å². The number of nitrogens with zero attached hydrogens (tertiary/aromatic N) is 4. The summed E-state index contributed by atoms with van der Waals surface area (Å²) in [6.07, 6.45) is -0.596. The Bertz CT molecular complexity index is 571. The van der Waals surface area contributed by atoms with E-state index in [2.05, 4.69) is 10.1 Å². The van der Waals surface area contributed by atoms with E-state index in [1.807, 2.05) is 4.90 Å². The summed E-state index contributed by atoms with van der Waals surface area (Å²) < 4.78 is 14.5. The van der Waals surface area contributed by atoms with Gasteiger partial charge in [0.1, 0.15) is 17.7 Å². The molecule has 0 aromatic carbocycles. The van der Waals surface area contributed by atoms with Crippen LogP contribution >= 0.6 is 0 Å². The number of aliphatic hydroxyl groups is 2. The number of fused-ring (bicyclic) bond motifs is 1. The van der Waals surface area contributed by atoms with Crippen LogP contribution in [0, 0.1) is 0 Å². The molecule has 2 aromatic heterocycles. The Morgan fingerprint density at radius 1 is 1.39 bits per heavy atom. The van der Waals surface area contributed by atoms with Gasteiger partial charge in [0.15, 0.2) is 11.9 Å². The van der Waals surface area contributed by atoms with Gasteiger partial charge in [-0.2, -0.15) is 0 Å². The minimum atomic E-state index is -1.63. The van der Waals surface area contributed by atoms with Crippen LogP contribution in [0.15, 0.2) is 18.3 Å². The summed E-state index contributed by atoms with van der Waals surface area (Å²) in [4.78, 5) is 5.84. The second kappa shape index (κ2) is 4.18. The van der Waals surface area contributed by atoms with Gasteiger partial charge in [0.05, 0.1) is 12.7 Å². The van der Waals surface area contributed by atoms with Crippen molar-refractivity contribution in [1.82, 2.24) is 14.6 Å². The van der Waals surface area contributed by atoms with E-state index < -0.39 is 12.5 Å². The monoisotopic (exact) mass is 252 g/mol. The molecule has 96 valence electrons. The fraction of sp³-hybridized carbons (Fsp3) is 0.455. The Kier molecular flexibility index (Phi) is 2.64. The highest BCUT2D eigenvalue weighted by atomic mass is 19.1. The van der Waals surface area contributed by atoms with Gasteiger partial charge >= 0.3 is 0 Å². The van der Waals surface area contributed by atoms with Gasteiger partial charge < -0.3 is 15.1 Å². The first-order valence-corrected chi connectivity index (χ1v) is 5.75. The molecule has 18 heavy (non-hydrogen) atoms. The van der Waals surface area contributed by atoms with Crippen LogP contribution in [-0.4, -0.2) is 44.1 Å². The Morgan fingerprint density at radius 2 is 2.22 bits per heavy atom. The van der Waals surface area contributed by atoms with Crippen LogP contribution in [0.3, 0.4) is 0 Å². The maximum absolute atomic E-state index is 13.2. The second-order valence-electron chi connectivity index (χ2n) is 4.35. The Balaban J connectivity index is 2.01. The van der Waals surface area contributed by atoms with Gasteiger partial charge in [-0.15, -0.1) is 5.10 Å². The fourth-order valence-electron chi connectivity index (χ4n) is 2.15. The van der Waals surface area contributed by atoms with Crippen molar-refractivity contribution < 1.29 is 14.6 Å². The van der Waals surface area contributed by atoms with E-state index in [9.17, 15) is 14.6 Å². The molecule has 1 atom stereocenters.